The third-order valence-electron chi connectivity index (χ3n) is 9.00. The summed E-state index contributed by atoms with van der Waals surface area (Å²) in [7, 11) is 1.55. The van der Waals surface area contributed by atoms with Crippen LogP contribution in [-0.4, -0.2) is 84.9 Å². The molecule has 9 nitrogen and oxygen atoms in total. The van der Waals surface area contributed by atoms with Crippen LogP contribution >= 0.6 is 0 Å². The zero-order valence-electron chi connectivity index (χ0n) is 23.6. The fraction of sp³-hybridized carbons (Fsp3) is 0.483. The Morgan fingerprint density at radius 1 is 1.07 bits per heavy atom. The van der Waals surface area contributed by atoms with Crippen molar-refractivity contribution in [3.63, 3.8) is 0 Å². The van der Waals surface area contributed by atoms with E-state index in [0.717, 1.165) is 12.1 Å². The number of ether oxygens (including phenoxy) is 2. The molecule has 0 radical (unpaired) electrons. The summed E-state index contributed by atoms with van der Waals surface area (Å²) in [5.74, 6) is -6.63. The van der Waals surface area contributed by atoms with Gasteiger partial charge in [0.15, 0.2) is 11.1 Å². The fourth-order valence-corrected chi connectivity index (χ4v) is 6.31. The Morgan fingerprint density at radius 3 is 2.30 bits per heavy atom. The highest BCUT2D eigenvalue weighted by Gasteiger charge is 2.67. The predicted molar refractivity (Wildman–Crippen MR) is 141 cm³/mol. The van der Waals surface area contributed by atoms with Gasteiger partial charge in [-0.1, -0.05) is 18.2 Å². The first-order valence-corrected chi connectivity index (χ1v) is 13.7. The van der Waals surface area contributed by atoms with Gasteiger partial charge in [-0.2, -0.15) is 13.2 Å². The number of nitrogens with zero attached hydrogens (tertiary/aromatic N) is 3. The molecule has 0 aromatic heterocycles. The number of nitrogens with one attached hydrogen (secondary N) is 1. The highest BCUT2D eigenvalue weighted by molar-refractivity contribution is 6.10. The number of anilines is 1. The predicted octanol–water partition coefficient (Wildman–Crippen LogP) is 3.65. The van der Waals surface area contributed by atoms with Crippen LogP contribution in [0.15, 0.2) is 42.5 Å². The first-order valence-electron chi connectivity index (χ1n) is 13.7. The second-order valence-electron chi connectivity index (χ2n) is 12.0. The molecule has 1 atom stereocenters. The highest BCUT2D eigenvalue weighted by atomic mass is 19.4. The third kappa shape index (κ3) is 4.50. The quantitative estimate of drug-likeness (QED) is 0.373. The summed E-state index contributed by atoms with van der Waals surface area (Å²) in [5, 5.41) is 2.30. The zero-order valence-corrected chi connectivity index (χ0v) is 23.6. The number of urea groups is 1. The molecule has 1 spiro atoms. The molecule has 3 heterocycles. The number of alkyl halides is 5. The Balaban J connectivity index is 1.28. The summed E-state index contributed by atoms with van der Waals surface area (Å²) in [6, 6.07) is 7.34. The molecule has 1 N–H and O–H groups in total. The van der Waals surface area contributed by atoms with Crippen molar-refractivity contribution in [3.05, 3.63) is 65.0 Å². The lowest BCUT2D eigenvalue weighted by atomic mass is 9.90. The average Bonchev–Trinajstić information content (AvgIpc) is 3.28. The molecule has 3 saturated heterocycles. The average molecular weight is 627 g/mol. The van der Waals surface area contributed by atoms with Gasteiger partial charge in [-0.15, -0.1) is 0 Å². The highest BCUT2D eigenvalue weighted by Crippen LogP contribution is 2.54. The lowest BCUT2D eigenvalue weighted by Crippen LogP contribution is -2.72. The van der Waals surface area contributed by atoms with E-state index in [9.17, 15) is 31.9 Å². The molecule has 236 valence electrons. The maximum atomic E-state index is 15.4. The number of carbonyl (C=O) groups is 3. The topological polar surface area (TPSA) is 91.4 Å². The normalized spacial score (nSPS) is 24.5. The summed E-state index contributed by atoms with van der Waals surface area (Å²) >= 11 is 0. The van der Waals surface area contributed by atoms with Gasteiger partial charge in [0.25, 0.3) is 11.8 Å². The van der Waals surface area contributed by atoms with Gasteiger partial charge in [0.05, 0.1) is 25.2 Å². The molecule has 0 unspecified atom stereocenters. The number of fused-ring (bicyclic) bond motifs is 2. The molecular weight excluding hydrogens is 598 g/mol. The minimum absolute atomic E-state index is 0.150. The van der Waals surface area contributed by atoms with E-state index >= 15 is 8.78 Å². The number of rotatable bonds is 7. The second-order valence-corrected chi connectivity index (χ2v) is 12.0. The van der Waals surface area contributed by atoms with Crippen LogP contribution < -0.4 is 10.2 Å². The molecule has 4 amide bonds. The largest absolute Gasteiger partial charge is 0.416 e. The number of amides is 4. The number of benzene rings is 2. The molecule has 44 heavy (non-hydrogen) atoms. The van der Waals surface area contributed by atoms with Crippen molar-refractivity contribution >= 4 is 23.5 Å². The van der Waals surface area contributed by atoms with Crippen LogP contribution in [-0.2, 0) is 37.1 Å². The lowest BCUT2D eigenvalue weighted by Gasteiger charge is -2.50. The van der Waals surface area contributed by atoms with E-state index in [1.54, 1.807) is 13.2 Å². The van der Waals surface area contributed by atoms with Crippen molar-refractivity contribution < 1.29 is 50.2 Å². The Hall–Kier alpha value is -3.85. The SMILES string of the molecule is COC1(C)CN(c2ccc3c(c2)C(F)(F)C[C@]32NC(=O)N(CC(=O)N(Cc3ccc(F)cc3)C3(C(F)(F)F)COC3)C2=O)C1. The van der Waals surface area contributed by atoms with Gasteiger partial charge in [-0.25, -0.2) is 18.0 Å². The van der Waals surface area contributed by atoms with Crippen LogP contribution in [0.25, 0.3) is 0 Å². The Labute approximate surface area is 247 Å². The molecule has 0 bridgehead atoms. The molecule has 0 saturated carbocycles. The zero-order chi connectivity index (χ0) is 31.9. The summed E-state index contributed by atoms with van der Waals surface area (Å²) < 4.78 is 97.4. The maximum absolute atomic E-state index is 15.4. The van der Waals surface area contributed by atoms with E-state index in [4.69, 9.17) is 9.47 Å². The van der Waals surface area contributed by atoms with Crippen LogP contribution in [0.2, 0.25) is 0 Å². The molecule has 4 aliphatic rings. The van der Waals surface area contributed by atoms with Gasteiger partial charge in [0, 0.05) is 38.0 Å². The standard InChI is InChI=1S/C29H28F6N4O5/c1-25(43-2)13-37(14-25)19-7-8-20-21(9-19)28(31,32)12-27(20)23(41)38(24(42)36-27)11-22(40)39(10-17-3-5-18(30)6-4-17)26(15-44-16-26)29(33,34)35/h3-9H,10-16H2,1-2H3,(H,36,42)/t27-/m0/s1. The molecule has 3 fully saturated rings. The first kappa shape index (κ1) is 30.2. The lowest BCUT2D eigenvalue weighted by molar-refractivity contribution is -0.302. The molecule has 3 aliphatic heterocycles. The molecular formula is C29H28F6N4O5. The van der Waals surface area contributed by atoms with Gasteiger partial charge < -0.3 is 24.6 Å². The number of imide groups is 1. The van der Waals surface area contributed by atoms with Crippen molar-refractivity contribution in [2.75, 3.05) is 44.9 Å². The monoisotopic (exact) mass is 626 g/mol. The summed E-state index contributed by atoms with van der Waals surface area (Å²) in [6.07, 6.45) is -6.08. The summed E-state index contributed by atoms with van der Waals surface area (Å²) in [6.45, 7) is -0.801. The number of hydrogen-bond donors (Lipinski definition) is 1. The van der Waals surface area contributed by atoms with Crippen LogP contribution in [0.4, 0.5) is 36.8 Å². The van der Waals surface area contributed by atoms with Gasteiger partial charge >= 0.3 is 12.2 Å². The van der Waals surface area contributed by atoms with E-state index in [0.29, 0.717) is 28.6 Å². The molecule has 6 rings (SSSR count). The van der Waals surface area contributed by atoms with E-state index in [1.165, 1.54) is 24.3 Å². The Morgan fingerprint density at radius 2 is 1.73 bits per heavy atom. The van der Waals surface area contributed by atoms with Gasteiger partial charge in [0.2, 0.25) is 5.91 Å². The minimum atomic E-state index is -4.96. The van der Waals surface area contributed by atoms with Crippen LogP contribution in [0, 0.1) is 5.82 Å². The molecule has 15 heteroatoms. The van der Waals surface area contributed by atoms with E-state index in [1.807, 2.05) is 11.8 Å². The minimum Gasteiger partial charge on any atom is -0.376 e. The Kier molecular flexibility index (Phi) is 6.74. The van der Waals surface area contributed by atoms with Gasteiger partial charge in [-0.05, 0) is 42.3 Å². The van der Waals surface area contributed by atoms with Crippen molar-refractivity contribution in [3.8, 4) is 0 Å². The van der Waals surface area contributed by atoms with Crippen LogP contribution in [0.1, 0.15) is 30.0 Å². The van der Waals surface area contributed by atoms with Crippen molar-refractivity contribution in [1.82, 2.24) is 15.1 Å². The number of hydrogen-bond acceptors (Lipinski definition) is 6. The first-order chi connectivity index (χ1) is 20.5. The molecule has 2 aromatic rings. The van der Waals surface area contributed by atoms with Gasteiger partial charge in [0.1, 0.15) is 12.4 Å². The third-order valence-corrected chi connectivity index (χ3v) is 9.00. The van der Waals surface area contributed by atoms with Crippen LogP contribution in [0.5, 0.6) is 0 Å². The van der Waals surface area contributed by atoms with Crippen molar-refractivity contribution in [2.45, 2.75) is 48.7 Å². The number of methoxy groups -OCH3 is 1. The van der Waals surface area contributed by atoms with Gasteiger partial charge in [-0.3, -0.25) is 14.5 Å². The Bertz CT molecular complexity index is 1520. The fourth-order valence-electron chi connectivity index (χ4n) is 6.31. The smallest absolute Gasteiger partial charge is 0.376 e. The van der Waals surface area contributed by atoms with Crippen molar-refractivity contribution in [1.29, 1.82) is 0 Å². The summed E-state index contributed by atoms with van der Waals surface area (Å²) in [4.78, 5) is 42.9. The number of halogens is 6. The van der Waals surface area contributed by atoms with E-state index in [-0.39, 0.29) is 11.1 Å². The second kappa shape index (κ2) is 9.83. The van der Waals surface area contributed by atoms with E-state index < -0.39 is 90.7 Å². The number of carbonyl (C=O) groups excluding carboxylic acids is 3. The summed E-state index contributed by atoms with van der Waals surface area (Å²) in [5.41, 5.74) is -5.43. The maximum Gasteiger partial charge on any atom is 0.416 e. The molecule has 1 aliphatic carbocycles. The molecule has 2 aromatic carbocycles. The van der Waals surface area contributed by atoms with E-state index in [2.05, 4.69) is 5.32 Å². The van der Waals surface area contributed by atoms with Crippen molar-refractivity contribution in [2.24, 2.45) is 0 Å². The van der Waals surface area contributed by atoms with Crippen LogP contribution in [0.3, 0.4) is 0 Å².